The van der Waals surface area contributed by atoms with Crippen LogP contribution in [0.15, 0.2) is 36.4 Å². The Labute approximate surface area is 80.9 Å². The van der Waals surface area contributed by atoms with E-state index in [1.165, 1.54) is 4.20 Å². The van der Waals surface area contributed by atoms with E-state index in [9.17, 15) is 0 Å². The first kappa shape index (κ1) is 8.13. The Morgan fingerprint density at radius 3 is 2.46 bits per heavy atom. The van der Waals surface area contributed by atoms with Crippen LogP contribution in [0.3, 0.4) is 0 Å². The molecule has 3 nitrogen and oxygen atoms in total. The minimum Gasteiger partial charge on any atom is -0.382 e. The number of rotatable bonds is 1. The van der Waals surface area contributed by atoms with E-state index >= 15 is 0 Å². The Morgan fingerprint density at radius 2 is 1.92 bits per heavy atom. The van der Waals surface area contributed by atoms with Crippen molar-refractivity contribution in [3.63, 3.8) is 0 Å². The van der Waals surface area contributed by atoms with Gasteiger partial charge < -0.3 is 5.73 Å². The summed E-state index contributed by atoms with van der Waals surface area (Å²) in [7, 11) is 0. The predicted octanol–water partition coefficient (Wildman–Crippen LogP) is 2.13. The van der Waals surface area contributed by atoms with E-state index in [4.69, 9.17) is 17.5 Å². The van der Waals surface area contributed by atoms with Gasteiger partial charge in [-0.15, -0.1) is 5.10 Å². The summed E-state index contributed by atoms with van der Waals surface area (Å²) in [6.45, 7) is 0. The van der Waals surface area contributed by atoms with Crippen molar-refractivity contribution in [2.24, 2.45) is 0 Å². The van der Waals surface area contributed by atoms with Gasteiger partial charge in [0, 0.05) is 23.4 Å². The van der Waals surface area contributed by atoms with Crippen molar-refractivity contribution in [2.75, 3.05) is 5.73 Å². The lowest BCUT2D eigenvalue weighted by Gasteiger charge is -1.97. The Balaban J connectivity index is 2.53. The van der Waals surface area contributed by atoms with Crippen molar-refractivity contribution < 1.29 is 0 Å². The van der Waals surface area contributed by atoms with Gasteiger partial charge in [0.15, 0.2) is 0 Å². The van der Waals surface area contributed by atoms with Crippen molar-refractivity contribution in [2.45, 2.75) is 0 Å². The van der Waals surface area contributed by atoms with E-state index in [0.29, 0.717) is 5.82 Å². The van der Waals surface area contributed by atoms with Crippen LogP contribution in [-0.4, -0.2) is 9.30 Å². The number of nitrogen functional groups attached to an aromatic ring is 1. The van der Waals surface area contributed by atoms with Crippen LogP contribution in [0.4, 0.5) is 5.82 Å². The van der Waals surface area contributed by atoms with Gasteiger partial charge in [0.05, 0.1) is 5.69 Å². The van der Waals surface area contributed by atoms with Gasteiger partial charge in [0.1, 0.15) is 5.82 Å². The van der Waals surface area contributed by atoms with Crippen molar-refractivity contribution in [3.05, 3.63) is 36.4 Å². The fourth-order valence-electron chi connectivity index (χ4n) is 1.18. The largest absolute Gasteiger partial charge is 0.382 e. The van der Waals surface area contributed by atoms with Gasteiger partial charge in [-0.1, -0.05) is 30.3 Å². The van der Waals surface area contributed by atoms with E-state index in [1.54, 1.807) is 6.07 Å². The molecule has 66 valence electrons. The van der Waals surface area contributed by atoms with Crippen molar-refractivity contribution in [3.8, 4) is 11.3 Å². The molecule has 0 saturated carbocycles. The average molecular weight is 194 g/mol. The van der Waals surface area contributed by atoms with Crippen LogP contribution in [0.1, 0.15) is 0 Å². The lowest BCUT2D eigenvalue weighted by Crippen LogP contribution is -1.88. The highest BCUT2D eigenvalue weighted by Crippen LogP contribution is 2.21. The smallest absolute Gasteiger partial charge is 0.147 e. The summed E-state index contributed by atoms with van der Waals surface area (Å²) in [6.07, 6.45) is 0. The van der Waals surface area contributed by atoms with Gasteiger partial charge in [-0.2, -0.15) is 4.20 Å². The Morgan fingerprint density at radius 1 is 1.23 bits per heavy atom. The molecule has 0 bridgehead atoms. The molecule has 1 aromatic carbocycles. The number of aromatic nitrogens is 2. The summed E-state index contributed by atoms with van der Waals surface area (Å²) in [6, 6.07) is 11.5. The highest BCUT2D eigenvalue weighted by molar-refractivity contribution is 6.16. The molecule has 1 heterocycles. The van der Waals surface area contributed by atoms with E-state index in [2.05, 4.69) is 5.10 Å². The standard InChI is InChI=1S/C9H8ClN3/c10-13-8(6-9(11)12-13)7-4-2-1-3-5-7/h1-6H,(H2,11,12). The van der Waals surface area contributed by atoms with Gasteiger partial charge in [0.25, 0.3) is 0 Å². The van der Waals surface area contributed by atoms with E-state index in [0.717, 1.165) is 11.3 Å². The molecule has 0 atom stereocenters. The third-order valence-electron chi connectivity index (χ3n) is 1.76. The summed E-state index contributed by atoms with van der Waals surface area (Å²) in [5.41, 5.74) is 7.31. The minimum atomic E-state index is 0.425. The Bertz CT molecular complexity index is 408. The molecule has 2 aromatic rings. The summed E-state index contributed by atoms with van der Waals surface area (Å²) >= 11 is 5.81. The van der Waals surface area contributed by atoms with Crippen molar-refractivity contribution in [1.82, 2.24) is 9.30 Å². The minimum absolute atomic E-state index is 0.425. The number of nitrogens with two attached hydrogens (primary N) is 1. The van der Waals surface area contributed by atoms with Crippen LogP contribution < -0.4 is 5.73 Å². The van der Waals surface area contributed by atoms with Crippen LogP contribution >= 0.6 is 11.8 Å². The first-order valence-electron chi connectivity index (χ1n) is 3.84. The normalized spacial score (nSPS) is 10.2. The number of hydrogen-bond donors (Lipinski definition) is 1. The fraction of sp³-hybridized carbons (Fsp3) is 0. The van der Waals surface area contributed by atoms with Gasteiger partial charge in [-0.05, 0) is 0 Å². The van der Waals surface area contributed by atoms with E-state index in [1.807, 2.05) is 30.3 Å². The molecule has 0 fully saturated rings. The second-order valence-electron chi connectivity index (χ2n) is 2.68. The van der Waals surface area contributed by atoms with E-state index < -0.39 is 0 Å². The van der Waals surface area contributed by atoms with Gasteiger partial charge >= 0.3 is 0 Å². The lowest BCUT2D eigenvalue weighted by molar-refractivity contribution is 1.01. The average Bonchev–Trinajstić information content (AvgIpc) is 2.47. The van der Waals surface area contributed by atoms with Crippen LogP contribution in [0.5, 0.6) is 0 Å². The fourth-order valence-corrected chi connectivity index (χ4v) is 1.41. The second kappa shape index (κ2) is 3.11. The van der Waals surface area contributed by atoms with Crippen molar-refractivity contribution >= 4 is 17.6 Å². The summed E-state index contributed by atoms with van der Waals surface area (Å²) in [5.74, 6) is 0.425. The molecule has 0 amide bonds. The Kier molecular flexibility index (Phi) is 1.94. The number of benzene rings is 1. The van der Waals surface area contributed by atoms with Crippen molar-refractivity contribution in [1.29, 1.82) is 0 Å². The molecule has 2 rings (SSSR count). The molecule has 2 N–H and O–H groups in total. The van der Waals surface area contributed by atoms with Crippen LogP contribution in [-0.2, 0) is 0 Å². The molecule has 0 aliphatic rings. The molecular weight excluding hydrogens is 186 g/mol. The number of halogens is 1. The predicted molar refractivity (Wildman–Crippen MR) is 53.3 cm³/mol. The zero-order chi connectivity index (χ0) is 9.26. The van der Waals surface area contributed by atoms with Crippen LogP contribution in [0.25, 0.3) is 11.3 Å². The zero-order valence-electron chi connectivity index (χ0n) is 6.81. The second-order valence-corrected chi connectivity index (χ2v) is 3.00. The first-order chi connectivity index (χ1) is 6.27. The molecular formula is C9H8ClN3. The molecule has 0 aliphatic carbocycles. The highest BCUT2D eigenvalue weighted by atomic mass is 35.5. The lowest BCUT2D eigenvalue weighted by atomic mass is 10.2. The topological polar surface area (TPSA) is 43.8 Å². The molecule has 0 spiro atoms. The van der Waals surface area contributed by atoms with E-state index in [-0.39, 0.29) is 0 Å². The molecule has 4 heteroatoms. The van der Waals surface area contributed by atoms with Gasteiger partial charge in [-0.25, -0.2) is 0 Å². The molecule has 1 aromatic heterocycles. The monoisotopic (exact) mass is 193 g/mol. The van der Waals surface area contributed by atoms with Gasteiger partial charge in [-0.3, -0.25) is 0 Å². The molecule has 13 heavy (non-hydrogen) atoms. The quantitative estimate of drug-likeness (QED) is 0.754. The maximum atomic E-state index is 5.81. The summed E-state index contributed by atoms with van der Waals surface area (Å²) in [5, 5.41) is 3.85. The highest BCUT2D eigenvalue weighted by Gasteiger charge is 2.05. The Hall–Kier alpha value is -1.48. The first-order valence-corrected chi connectivity index (χ1v) is 4.18. The maximum absolute atomic E-state index is 5.81. The number of anilines is 1. The summed E-state index contributed by atoms with van der Waals surface area (Å²) in [4.78, 5) is 0. The van der Waals surface area contributed by atoms with Gasteiger partial charge in [0.2, 0.25) is 0 Å². The SMILES string of the molecule is Nc1cc(-c2ccccc2)n(Cl)n1. The number of hydrogen-bond acceptors (Lipinski definition) is 2. The van der Waals surface area contributed by atoms with Crippen LogP contribution in [0, 0.1) is 0 Å². The number of nitrogens with zero attached hydrogens (tertiary/aromatic N) is 2. The third-order valence-corrected chi connectivity index (χ3v) is 2.01. The molecule has 0 unspecified atom stereocenters. The molecule has 0 saturated heterocycles. The third kappa shape index (κ3) is 1.51. The molecule has 0 radical (unpaired) electrons. The zero-order valence-corrected chi connectivity index (χ0v) is 7.57. The van der Waals surface area contributed by atoms with Crippen LogP contribution in [0.2, 0.25) is 0 Å². The molecule has 0 aliphatic heterocycles. The maximum Gasteiger partial charge on any atom is 0.147 e. The summed E-state index contributed by atoms with van der Waals surface area (Å²) < 4.78 is 1.25.